The molecule has 0 aliphatic rings. The van der Waals surface area contributed by atoms with E-state index in [4.69, 9.17) is 0 Å². The quantitative estimate of drug-likeness (QED) is 0.809. The van der Waals surface area contributed by atoms with E-state index in [-0.39, 0.29) is 5.82 Å². The lowest BCUT2D eigenvalue weighted by Gasteiger charge is -2.06. The molecule has 0 unspecified atom stereocenters. The maximum atomic E-state index is 13.9. The number of hydrogen-bond donors (Lipinski definition) is 1. The summed E-state index contributed by atoms with van der Waals surface area (Å²) in [5.74, 6) is -0.199. The van der Waals surface area contributed by atoms with Crippen molar-refractivity contribution in [3.63, 3.8) is 0 Å². The fraction of sp³-hybridized carbons (Fsp3) is 0.400. The van der Waals surface area contributed by atoms with Gasteiger partial charge in [-0.2, -0.15) is 5.10 Å². The fourth-order valence-corrected chi connectivity index (χ4v) is 1.99. The zero-order valence-corrected chi connectivity index (χ0v) is 11.5. The molecule has 4 heteroatoms. The summed E-state index contributed by atoms with van der Waals surface area (Å²) in [5, 5.41) is 7.51. The molecule has 0 amide bonds. The molecule has 0 atom stereocenters. The van der Waals surface area contributed by atoms with E-state index in [0.29, 0.717) is 5.56 Å². The predicted octanol–water partition coefficient (Wildman–Crippen LogP) is 3.21. The molecular formula is C15H20FN3. The van der Waals surface area contributed by atoms with E-state index < -0.39 is 0 Å². The lowest BCUT2D eigenvalue weighted by atomic mass is 10.1. The van der Waals surface area contributed by atoms with Crippen molar-refractivity contribution in [2.24, 2.45) is 0 Å². The maximum absolute atomic E-state index is 13.9. The largest absolute Gasteiger partial charge is 0.313 e. The molecule has 0 bridgehead atoms. The Morgan fingerprint density at radius 1 is 1.32 bits per heavy atom. The molecule has 2 rings (SSSR count). The average molecular weight is 261 g/mol. The smallest absolute Gasteiger partial charge is 0.131 e. The fourth-order valence-electron chi connectivity index (χ4n) is 1.99. The van der Waals surface area contributed by atoms with Gasteiger partial charge in [0.1, 0.15) is 5.82 Å². The molecule has 19 heavy (non-hydrogen) atoms. The highest BCUT2D eigenvalue weighted by Crippen LogP contribution is 2.23. The number of rotatable bonds is 6. The van der Waals surface area contributed by atoms with E-state index in [0.717, 1.165) is 37.2 Å². The van der Waals surface area contributed by atoms with Crippen molar-refractivity contribution in [1.82, 2.24) is 15.1 Å². The van der Waals surface area contributed by atoms with Crippen molar-refractivity contribution in [3.05, 3.63) is 42.0 Å². The summed E-state index contributed by atoms with van der Waals surface area (Å²) in [6.07, 6.45) is 4.68. The molecule has 0 saturated carbocycles. The minimum atomic E-state index is -0.199. The first kappa shape index (κ1) is 13.7. The van der Waals surface area contributed by atoms with Crippen molar-refractivity contribution < 1.29 is 4.39 Å². The van der Waals surface area contributed by atoms with Crippen LogP contribution in [-0.4, -0.2) is 16.3 Å². The normalized spacial score (nSPS) is 10.9. The van der Waals surface area contributed by atoms with Crippen molar-refractivity contribution in [2.75, 3.05) is 6.54 Å². The molecule has 1 aromatic heterocycles. The number of aryl methyl sites for hydroxylation is 1. The Hall–Kier alpha value is -1.68. The van der Waals surface area contributed by atoms with Crippen LogP contribution in [0.2, 0.25) is 0 Å². The van der Waals surface area contributed by atoms with Gasteiger partial charge in [-0.25, -0.2) is 4.39 Å². The molecule has 0 aliphatic carbocycles. The van der Waals surface area contributed by atoms with E-state index in [1.54, 1.807) is 10.9 Å². The highest BCUT2D eigenvalue weighted by atomic mass is 19.1. The first-order valence-electron chi connectivity index (χ1n) is 6.76. The molecule has 0 fully saturated rings. The van der Waals surface area contributed by atoms with E-state index in [9.17, 15) is 4.39 Å². The van der Waals surface area contributed by atoms with Gasteiger partial charge >= 0.3 is 0 Å². The van der Waals surface area contributed by atoms with Gasteiger partial charge in [0, 0.05) is 30.4 Å². The molecule has 3 nitrogen and oxygen atoms in total. The first-order chi connectivity index (χ1) is 9.24. The molecule has 0 saturated heterocycles. The van der Waals surface area contributed by atoms with Crippen LogP contribution in [0, 0.1) is 5.82 Å². The van der Waals surface area contributed by atoms with Crippen LogP contribution in [0.25, 0.3) is 11.1 Å². The minimum Gasteiger partial charge on any atom is -0.313 e. The van der Waals surface area contributed by atoms with Crippen LogP contribution in [0.1, 0.15) is 25.8 Å². The van der Waals surface area contributed by atoms with Gasteiger partial charge in [-0.1, -0.05) is 13.0 Å². The van der Waals surface area contributed by atoms with Crippen LogP contribution in [0.4, 0.5) is 4.39 Å². The second-order valence-electron chi connectivity index (χ2n) is 4.58. The van der Waals surface area contributed by atoms with Crippen LogP contribution in [0.5, 0.6) is 0 Å². The van der Waals surface area contributed by atoms with Gasteiger partial charge < -0.3 is 5.32 Å². The Kier molecular flexibility index (Phi) is 4.68. The third-order valence-corrected chi connectivity index (χ3v) is 3.05. The molecule has 0 spiro atoms. The Morgan fingerprint density at radius 2 is 2.16 bits per heavy atom. The number of hydrogen-bond acceptors (Lipinski definition) is 2. The van der Waals surface area contributed by atoms with Crippen molar-refractivity contribution in [2.45, 2.75) is 33.4 Å². The zero-order chi connectivity index (χ0) is 13.7. The molecular weight excluding hydrogens is 241 g/mol. The average Bonchev–Trinajstić information content (AvgIpc) is 2.89. The van der Waals surface area contributed by atoms with Gasteiger partial charge in [0.05, 0.1) is 6.20 Å². The minimum absolute atomic E-state index is 0.199. The summed E-state index contributed by atoms with van der Waals surface area (Å²) in [6.45, 7) is 6.67. The van der Waals surface area contributed by atoms with E-state index >= 15 is 0 Å². The zero-order valence-electron chi connectivity index (χ0n) is 11.5. The lowest BCUT2D eigenvalue weighted by Crippen LogP contribution is -2.13. The van der Waals surface area contributed by atoms with E-state index in [2.05, 4.69) is 17.3 Å². The van der Waals surface area contributed by atoms with Crippen LogP contribution in [0.3, 0.4) is 0 Å². The molecule has 1 aromatic carbocycles. The summed E-state index contributed by atoms with van der Waals surface area (Å²) in [7, 11) is 0. The molecule has 0 radical (unpaired) electrons. The third-order valence-electron chi connectivity index (χ3n) is 3.05. The highest BCUT2D eigenvalue weighted by molar-refractivity contribution is 5.63. The number of aromatic nitrogens is 2. The monoisotopic (exact) mass is 261 g/mol. The highest BCUT2D eigenvalue weighted by Gasteiger charge is 2.08. The second-order valence-corrected chi connectivity index (χ2v) is 4.58. The molecule has 1 heterocycles. The Bertz CT molecular complexity index is 534. The number of nitrogens with one attached hydrogen (secondary N) is 1. The first-order valence-corrected chi connectivity index (χ1v) is 6.76. The maximum Gasteiger partial charge on any atom is 0.131 e. The standard InChI is InChI=1S/C15H20FN3/c1-3-7-17-9-12-5-6-15(16)14(8-12)13-10-18-19(4-2)11-13/h5-6,8,10-11,17H,3-4,7,9H2,1-2H3. The lowest BCUT2D eigenvalue weighted by molar-refractivity contribution is 0.627. The summed E-state index contributed by atoms with van der Waals surface area (Å²) in [4.78, 5) is 0. The van der Waals surface area contributed by atoms with Gasteiger partial charge in [0.15, 0.2) is 0 Å². The molecule has 102 valence electrons. The molecule has 2 aromatic rings. The Labute approximate surface area is 113 Å². The van der Waals surface area contributed by atoms with E-state index in [1.807, 2.05) is 25.3 Å². The topological polar surface area (TPSA) is 29.9 Å². The molecule has 0 aliphatic heterocycles. The third kappa shape index (κ3) is 3.41. The SMILES string of the molecule is CCCNCc1ccc(F)c(-c2cnn(CC)c2)c1. The van der Waals surface area contributed by atoms with Gasteiger partial charge in [0.25, 0.3) is 0 Å². The number of benzene rings is 1. The van der Waals surface area contributed by atoms with Gasteiger partial charge in [-0.05, 0) is 37.6 Å². The summed E-state index contributed by atoms with van der Waals surface area (Å²) < 4.78 is 15.7. The van der Waals surface area contributed by atoms with Crippen LogP contribution in [0.15, 0.2) is 30.6 Å². The number of nitrogens with zero attached hydrogens (tertiary/aromatic N) is 2. The summed E-state index contributed by atoms with van der Waals surface area (Å²) in [5.41, 5.74) is 2.54. The van der Waals surface area contributed by atoms with Gasteiger partial charge in [-0.15, -0.1) is 0 Å². The summed E-state index contributed by atoms with van der Waals surface area (Å²) in [6, 6.07) is 5.25. The van der Waals surface area contributed by atoms with Crippen molar-refractivity contribution in [3.8, 4) is 11.1 Å². The van der Waals surface area contributed by atoms with E-state index in [1.165, 1.54) is 6.07 Å². The second kappa shape index (κ2) is 6.48. The van der Waals surface area contributed by atoms with Crippen LogP contribution < -0.4 is 5.32 Å². The van der Waals surface area contributed by atoms with Crippen molar-refractivity contribution >= 4 is 0 Å². The predicted molar refractivity (Wildman–Crippen MR) is 75.3 cm³/mol. The number of halogens is 1. The van der Waals surface area contributed by atoms with Gasteiger partial charge in [-0.3, -0.25) is 4.68 Å². The van der Waals surface area contributed by atoms with Crippen LogP contribution >= 0.6 is 0 Å². The Morgan fingerprint density at radius 3 is 2.84 bits per heavy atom. The summed E-state index contributed by atoms with van der Waals surface area (Å²) >= 11 is 0. The van der Waals surface area contributed by atoms with Crippen LogP contribution in [-0.2, 0) is 13.1 Å². The Balaban J connectivity index is 2.21. The van der Waals surface area contributed by atoms with Crippen molar-refractivity contribution in [1.29, 1.82) is 0 Å². The molecule has 1 N–H and O–H groups in total. The van der Waals surface area contributed by atoms with Gasteiger partial charge in [0.2, 0.25) is 0 Å².